The van der Waals surface area contributed by atoms with Crippen LogP contribution < -0.4 is 0 Å². The normalized spacial score (nSPS) is 24.8. The fraction of sp³-hybridized carbons (Fsp3) is 1.00. The second-order valence-electron chi connectivity index (χ2n) is 4.09. The van der Waals surface area contributed by atoms with E-state index in [2.05, 4.69) is 13.8 Å². The summed E-state index contributed by atoms with van der Waals surface area (Å²) in [5.41, 5.74) is 0.158. The third kappa shape index (κ3) is 3.44. The van der Waals surface area contributed by atoms with E-state index in [9.17, 15) is 0 Å². The van der Waals surface area contributed by atoms with E-state index in [1.807, 2.05) is 13.8 Å². The van der Waals surface area contributed by atoms with Crippen molar-refractivity contribution >= 4 is 15.7 Å². The second-order valence-corrected chi connectivity index (χ2v) is 6.55. The van der Waals surface area contributed by atoms with Crippen molar-refractivity contribution < 1.29 is 11.2 Å². The van der Waals surface area contributed by atoms with Crippen molar-refractivity contribution in [2.45, 2.75) is 33.8 Å². The van der Waals surface area contributed by atoms with E-state index >= 15 is 0 Å². The Kier molecular flexibility index (Phi) is 3.59. The van der Waals surface area contributed by atoms with E-state index < -0.39 is 15.7 Å². The van der Waals surface area contributed by atoms with Gasteiger partial charge < -0.3 is 0 Å². The summed E-state index contributed by atoms with van der Waals surface area (Å²) in [4.78, 5) is 0. The molecule has 1 aliphatic heterocycles. The van der Waals surface area contributed by atoms with Crippen LogP contribution in [-0.2, 0) is 11.2 Å². The van der Waals surface area contributed by atoms with Gasteiger partial charge in [-0.3, -0.25) is 0 Å². The molecule has 0 amide bonds. The van der Waals surface area contributed by atoms with Crippen LogP contribution in [0.4, 0.5) is 0 Å². The van der Waals surface area contributed by atoms with Crippen LogP contribution in [0.1, 0.15) is 27.7 Å². The molecule has 1 fully saturated rings. The molecule has 3 nitrogen and oxygen atoms in total. The van der Waals surface area contributed by atoms with Gasteiger partial charge in [0.2, 0.25) is 0 Å². The first-order valence-electron chi connectivity index (χ1n) is 4.22. The minimum absolute atomic E-state index is 0.158. The summed E-state index contributed by atoms with van der Waals surface area (Å²) in [7, 11) is 0. The molecule has 0 atom stereocenters. The van der Waals surface area contributed by atoms with Gasteiger partial charge in [-0.2, -0.15) is 0 Å². The standard InChI is InChI=1S/C8H17AsO3/c1-7(2)12-9-10-5-8(3,4)6-11-9/h7H,5-6H2,1-4H3. The van der Waals surface area contributed by atoms with Crippen molar-refractivity contribution in [2.24, 2.45) is 5.41 Å². The molecule has 0 aromatic rings. The summed E-state index contributed by atoms with van der Waals surface area (Å²) in [6.07, 6.45) is 0.214. The molecule has 0 aromatic carbocycles. The molecule has 4 heteroatoms. The summed E-state index contributed by atoms with van der Waals surface area (Å²) in [5.74, 6) is 0. The van der Waals surface area contributed by atoms with Crippen LogP contribution >= 0.6 is 0 Å². The minimum atomic E-state index is -1.83. The monoisotopic (exact) mass is 236 g/mol. The maximum atomic E-state index is 5.51. The molecule has 0 N–H and O–H groups in total. The molecule has 1 aliphatic rings. The fourth-order valence-electron chi connectivity index (χ4n) is 0.767. The van der Waals surface area contributed by atoms with E-state index in [0.29, 0.717) is 0 Å². The van der Waals surface area contributed by atoms with Gasteiger partial charge in [-0.05, 0) is 0 Å². The Balaban J connectivity index is 2.27. The van der Waals surface area contributed by atoms with Crippen molar-refractivity contribution in [3.8, 4) is 0 Å². The molecule has 0 bridgehead atoms. The molecule has 1 saturated heterocycles. The molecule has 0 aliphatic carbocycles. The number of hydrogen-bond acceptors (Lipinski definition) is 3. The predicted molar refractivity (Wildman–Crippen MR) is 47.7 cm³/mol. The molecule has 0 spiro atoms. The zero-order valence-electron chi connectivity index (χ0n) is 8.16. The molecule has 12 heavy (non-hydrogen) atoms. The Hall–Kier alpha value is 0.438. The van der Waals surface area contributed by atoms with Crippen molar-refractivity contribution in [1.29, 1.82) is 0 Å². The van der Waals surface area contributed by atoms with E-state index in [-0.39, 0.29) is 11.5 Å². The van der Waals surface area contributed by atoms with Crippen molar-refractivity contribution in [2.75, 3.05) is 13.2 Å². The third-order valence-corrected chi connectivity index (χ3v) is 4.09. The van der Waals surface area contributed by atoms with Crippen LogP contribution in [0.15, 0.2) is 0 Å². The van der Waals surface area contributed by atoms with Crippen LogP contribution in [0.5, 0.6) is 0 Å². The van der Waals surface area contributed by atoms with Gasteiger partial charge in [-0.1, -0.05) is 0 Å². The molecule has 0 aromatic heterocycles. The van der Waals surface area contributed by atoms with Gasteiger partial charge in [-0.25, -0.2) is 0 Å². The molecule has 1 heterocycles. The molecule has 0 radical (unpaired) electrons. The predicted octanol–water partition coefficient (Wildman–Crippen LogP) is 1.47. The van der Waals surface area contributed by atoms with Crippen LogP contribution in [-0.4, -0.2) is 35.0 Å². The van der Waals surface area contributed by atoms with Crippen LogP contribution in [0.25, 0.3) is 0 Å². The van der Waals surface area contributed by atoms with Crippen LogP contribution in [0.2, 0.25) is 0 Å². The molecule has 0 saturated carbocycles. The Bertz CT molecular complexity index is 137. The number of hydrogen-bond donors (Lipinski definition) is 0. The maximum absolute atomic E-state index is 5.51. The first kappa shape index (κ1) is 10.5. The summed E-state index contributed by atoms with van der Waals surface area (Å²) in [6.45, 7) is 9.80. The first-order valence-corrected chi connectivity index (χ1v) is 6.52. The first-order chi connectivity index (χ1) is 5.49. The van der Waals surface area contributed by atoms with Gasteiger partial charge in [0.25, 0.3) is 0 Å². The third-order valence-electron chi connectivity index (χ3n) is 1.42. The summed E-state index contributed by atoms with van der Waals surface area (Å²) in [5, 5.41) is 0. The Labute approximate surface area is 79.7 Å². The fourth-order valence-corrected chi connectivity index (χ4v) is 3.81. The topological polar surface area (TPSA) is 27.7 Å². The Morgan fingerprint density at radius 2 is 1.75 bits per heavy atom. The summed E-state index contributed by atoms with van der Waals surface area (Å²) in [6, 6.07) is 0. The van der Waals surface area contributed by atoms with Gasteiger partial charge >= 0.3 is 79.3 Å². The zero-order chi connectivity index (χ0) is 9.19. The molecular formula is C8H17AsO3. The summed E-state index contributed by atoms with van der Waals surface area (Å²) >= 11 is -1.83. The average Bonchev–Trinajstić information content (AvgIpc) is 1.93. The second kappa shape index (κ2) is 4.10. The van der Waals surface area contributed by atoms with Crippen molar-refractivity contribution in [3.63, 3.8) is 0 Å². The molecular weight excluding hydrogens is 219 g/mol. The van der Waals surface area contributed by atoms with Crippen molar-refractivity contribution in [1.82, 2.24) is 0 Å². The average molecular weight is 236 g/mol. The van der Waals surface area contributed by atoms with Crippen LogP contribution in [0.3, 0.4) is 0 Å². The molecule has 1 rings (SSSR count). The van der Waals surface area contributed by atoms with E-state index in [1.54, 1.807) is 0 Å². The van der Waals surface area contributed by atoms with E-state index in [0.717, 1.165) is 13.2 Å². The van der Waals surface area contributed by atoms with Crippen molar-refractivity contribution in [3.05, 3.63) is 0 Å². The molecule has 0 unspecified atom stereocenters. The van der Waals surface area contributed by atoms with E-state index in [1.165, 1.54) is 0 Å². The van der Waals surface area contributed by atoms with Gasteiger partial charge in [0.15, 0.2) is 0 Å². The Morgan fingerprint density at radius 1 is 1.25 bits per heavy atom. The Morgan fingerprint density at radius 3 is 2.17 bits per heavy atom. The van der Waals surface area contributed by atoms with Gasteiger partial charge in [-0.15, -0.1) is 0 Å². The quantitative estimate of drug-likeness (QED) is 0.679. The van der Waals surface area contributed by atoms with Gasteiger partial charge in [0, 0.05) is 0 Å². The number of rotatable bonds is 2. The zero-order valence-corrected chi connectivity index (χ0v) is 10.0. The van der Waals surface area contributed by atoms with Gasteiger partial charge in [0.05, 0.1) is 0 Å². The van der Waals surface area contributed by atoms with E-state index in [4.69, 9.17) is 11.2 Å². The van der Waals surface area contributed by atoms with Gasteiger partial charge in [0.1, 0.15) is 0 Å². The SMILES string of the molecule is CC(C)O[As]1OCC(C)(C)CO1. The molecule has 72 valence electrons. The van der Waals surface area contributed by atoms with Crippen LogP contribution in [0, 0.1) is 5.41 Å². The summed E-state index contributed by atoms with van der Waals surface area (Å²) < 4.78 is 16.5.